The Hall–Kier alpha value is -1.81. The second-order valence-electron chi connectivity index (χ2n) is 6.87. The zero-order valence-corrected chi connectivity index (χ0v) is 17.3. The van der Waals surface area contributed by atoms with Crippen molar-refractivity contribution in [3.63, 3.8) is 0 Å². The predicted molar refractivity (Wildman–Crippen MR) is 110 cm³/mol. The Morgan fingerprint density at radius 2 is 1.59 bits per heavy atom. The highest BCUT2D eigenvalue weighted by Crippen LogP contribution is 2.29. The first kappa shape index (κ1) is 23.2. The minimum atomic E-state index is -1.13. The van der Waals surface area contributed by atoms with E-state index in [9.17, 15) is 9.59 Å². The molecule has 150 valence electrons. The zero-order chi connectivity index (χ0) is 20.2. The topological polar surface area (TPSA) is 63.6 Å². The van der Waals surface area contributed by atoms with Crippen molar-refractivity contribution in [3.8, 4) is 0 Å². The van der Waals surface area contributed by atoms with Gasteiger partial charge in [-0.2, -0.15) is 0 Å². The van der Waals surface area contributed by atoms with Crippen LogP contribution >= 0.6 is 11.6 Å². The monoisotopic (exact) mass is 394 g/mol. The largest absolute Gasteiger partial charge is 0.478 e. The first-order valence-electron chi connectivity index (χ1n) is 9.81. The van der Waals surface area contributed by atoms with Crippen LogP contribution in [0.3, 0.4) is 0 Å². The van der Waals surface area contributed by atoms with E-state index in [2.05, 4.69) is 13.8 Å². The Bertz CT molecular complexity index is 616. The van der Waals surface area contributed by atoms with E-state index in [1.165, 1.54) is 44.9 Å². The molecule has 1 saturated heterocycles. The summed E-state index contributed by atoms with van der Waals surface area (Å²) in [5, 5.41) is 9.50. The molecule has 5 heteroatoms. The van der Waals surface area contributed by atoms with Crippen LogP contribution in [0.15, 0.2) is 29.8 Å². The molecule has 0 bridgehead atoms. The van der Waals surface area contributed by atoms with Crippen LogP contribution < -0.4 is 0 Å². The van der Waals surface area contributed by atoms with Gasteiger partial charge in [0.1, 0.15) is 0 Å². The van der Waals surface area contributed by atoms with Gasteiger partial charge >= 0.3 is 11.9 Å². The van der Waals surface area contributed by atoms with Crippen molar-refractivity contribution in [1.29, 1.82) is 0 Å². The molecule has 0 unspecified atom stereocenters. The molecule has 27 heavy (non-hydrogen) atoms. The first-order valence-corrected chi connectivity index (χ1v) is 10.2. The van der Waals surface area contributed by atoms with Crippen molar-refractivity contribution in [3.05, 3.63) is 40.4 Å². The maximum Gasteiger partial charge on any atom is 0.345 e. The lowest BCUT2D eigenvalue weighted by Gasteiger charge is -2.07. The molecule has 0 amide bonds. The van der Waals surface area contributed by atoms with Gasteiger partial charge in [-0.1, -0.05) is 89.5 Å². The summed E-state index contributed by atoms with van der Waals surface area (Å²) in [5.41, 5.74) is 1.15. The number of hydrogen-bond donors (Lipinski definition) is 1. The molecule has 2 rings (SSSR count). The number of carbonyl (C=O) groups excluding carboxylic acids is 1. The third-order valence-corrected chi connectivity index (χ3v) is 4.81. The van der Waals surface area contributed by atoms with Gasteiger partial charge in [0.25, 0.3) is 0 Å². The van der Waals surface area contributed by atoms with E-state index in [4.69, 9.17) is 21.4 Å². The van der Waals surface area contributed by atoms with Gasteiger partial charge in [-0.15, -0.1) is 0 Å². The molecule has 1 aromatic carbocycles. The van der Waals surface area contributed by atoms with Gasteiger partial charge in [0.05, 0.1) is 0 Å². The van der Waals surface area contributed by atoms with E-state index in [1.54, 1.807) is 37.3 Å². The molecule has 1 heterocycles. The van der Waals surface area contributed by atoms with Crippen molar-refractivity contribution in [2.45, 2.75) is 71.8 Å². The quantitative estimate of drug-likeness (QED) is 0.327. The Kier molecular flexibility index (Phi) is 10.8. The SMILES string of the molecule is CCCCCCCCC.C[C@H]1/C(=C/c2ccc(Cl)cc2)C(=O)O[C@H]1C(=O)O. The second kappa shape index (κ2) is 12.6. The number of benzene rings is 1. The number of unbranched alkanes of at least 4 members (excludes halogenated alkanes) is 6. The number of esters is 1. The Balaban J connectivity index is 0.000000345. The standard InChI is InChI=1S/C13H11ClO4.C9H20/c1-7-10(13(17)18-11(7)12(15)16)6-8-2-4-9(14)5-3-8;1-3-5-7-9-8-6-4-2/h2-7,11H,1H3,(H,15,16);3-9H2,1-2H3/b10-6-;/t7-,11+;/m0./s1. The molecule has 1 aliphatic heterocycles. The van der Waals surface area contributed by atoms with Crippen molar-refractivity contribution in [1.82, 2.24) is 0 Å². The van der Waals surface area contributed by atoms with Gasteiger partial charge in [0.15, 0.2) is 0 Å². The highest BCUT2D eigenvalue weighted by Gasteiger charge is 2.41. The molecule has 0 radical (unpaired) electrons. The van der Waals surface area contributed by atoms with Crippen LogP contribution in [0.2, 0.25) is 5.02 Å². The molecule has 2 atom stereocenters. The molecular weight excluding hydrogens is 364 g/mol. The summed E-state index contributed by atoms with van der Waals surface area (Å²) in [5.74, 6) is -2.18. The normalized spacial score (nSPS) is 20.1. The van der Waals surface area contributed by atoms with Gasteiger partial charge in [0.2, 0.25) is 6.10 Å². The van der Waals surface area contributed by atoms with Crippen LogP contribution in [-0.4, -0.2) is 23.1 Å². The fraction of sp³-hybridized carbons (Fsp3) is 0.545. The van der Waals surface area contributed by atoms with Gasteiger partial charge in [-0.05, 0) is 23.8 Å². The number of halogens is 1. The summed E-state index contributed by atoms with van der Waals surface area (Å²) in [6.45, 7) is 6.19. The van der Waals surface area contributed by atoms with Crippen LogP contribution in [0.5, 0.6) is 0 Å². The van der Waals surface area contributed by atoms with Crippen molar-refractivity contribution in [2.75, 3.05) is 0 Å². The number of rotatable bonds is 8. The number of ether oxygens (including phenoxy) is 1. The molecule has 0 saturated carbocycles. The van der Waals surface area contributed by atoms with Crippen LogP contribution in [0.4, 0.5) is 0 Å². The van der Waals surface area contributed by atoms with E-state index in [0.29, 0.717) is 10.6 Å². The van der Waals surface area contributed by atoms with Crippen LogP contribution in [-0.2, 0) is 14.3 Å². The minimum absolute atomic E-state index is 0.365. The Labute approximate surface area is 167 Å². The van der Waals surface area contributed by atoms with E-state index >= 15 is 0 Å². The highest BCUT2D eigenvalue weighted by molar-refractivity contribution is 6.30. The van der Waals surface area contributed by atoms with Gasteiger partial charge < -0.3 is 9.84 Å². The van der Waals surface area contributed by atoms with Crippen LogP contribution in [0, 0.1) is 5.92 Å². The number of carbonyl (C=O) groups is 2. The molecule has 1 aliphatic rings. The average Bonchev–Trinajstić information content (AvgIpc) is 2.92. The van der Waals surface area contributed by atoms with E-state index in [0.717, 1.165) is 5.56 Å². The van der Waals surface area contributed by atoms with Crippen molar-refractivity contribution in [2.24, 2.45) is 5.92 Å². The summed E-state index contributed by atoms with van der Waals surface area (Å²) in [4.78, 5) is 22.5. The summed E-state index contributed by atoms with van der Waals surface area (Å²) < 4.78 is 4.81. The lowest BCUT2D eigenvalue weighted by molar-refractivity contribution is -0.157. The third-order valence-electron chi connectivity index (χ3n) is 4.56. The summed E-state index contributed by atoms with van der Waals surface area (Å²) in [7, 11) is 0. The molecule has 1 N–H and O–H groups in total. The molecule has 1 fully saturated rings. The second-order valence-corrected chi connectivity index (χ2v) is 7.31. The van der Waals surface area contributed by atoms with Crippen LogP contribution in [0.25, 0.3) is 6.08 Å². The van der Waals surface area contributed by atoms with Gasteiger partial charge in [-0.25, -0.2) is 9.59 Å². The number of aliphatic carboxylic acids is 1. The van der Waals surface area contributed by atoms with Crippen molar-refractivity contribution < 1.29 is 19.4 Å². The lowest BCUT2D eigenvalue weighted by atomic mass is 9.96. The fourth-order valence-corrected chi connectivity index (χ4v) is 2.98. The lowest BCUT2D eigenvalue weighted by Crippen LogP contribution is -2.24. The summed E-state index contributed by atoms with van der Waals surface area (Å²) in [6, 6.07) is 6.91. The molecule has 4 nitrogen and oxygen atoms in total. The third kappa shape index (κ3) is 8.17. The smallest absolute Gasteiger partial charge is 0.345 e. The van der Waals surface area contributed by atoms with Crippen LogP contribution in [0.1, 0.15) is 71.3 Å². The molecular formula is C22H31ClO4. The Morgan fingerprint density at radius 3 is 2.04 bits per heavy atom. The maximum atomic E-state index is 11.6. The maximum absolute atomic E-state index is 11.6. The first-order chi connectivity index (χ1) is 12.9. The molecule has 1 aromatic rings. The van der Waals surface area contributed by atoms with E-state index in [-0.39, 0.29) is 0 Å². The summed E-state index contributed by atoms with van der Waals surface area (Å²) >= 11 is 5.76. The zero-order valence-electron chi connectivity index (χ0n) is 16.5. The Morgan fingerprint density at radius 1 is 1.07 bits per heavy atom. The van der Waals surface area contributed by atoms with E-state index in [1.807, 2.05) is 0 Å². The predicted octanol–water partition coefficient (Wildman–Crippen LogP) is 6.13. The highest BCUT2D eigenvalue weighted by atomic mass is 35.5. The van der Waals surface area contributed by atoms with Crippen molar-refractivity contribution >= 4 is 29.6 Å². The average molecular weight is 395 g/mol. The number of cyclic esters (lactones) is 1. The summed E-state index contributed by atoms with van der Waals surface area (Å²) in [6.07, 6.45) is 10.5. The van der Waals surface area contributed by atoms with Gasteiger partial charge in [-0.3, -0.25) is 0 Å². The minimum Gasteiger partial charge on any atom is -0.478 e. The fourth-order valence-electron chi connectivity index (χ4n) is 2.86. The number of hydrogen-bond acceptors (Lipinski definition) is 3. The molecule has 0 aromatic heterocycles. The van der Waals surface area contributed by atoms with E-state index < -0.39 is 24.0 Å². The van der Waals surface area contributed by atoms with Gasteiger partial charge in [0, 0.05) is 16.5 Å². The molecule has 0 aliphatic carbocycles. The number of carboxylic acids is 1. The number of carboxylic acid groups (broad SMARTS) is 1. The molecule has 0 spiro atoms.